The normalized spacial score (nSPS) is 10.3. The maximum atomic E-state index is 5.69. The minimum absolute atomic E-state index is 0.683. The van der Waals surface area contributed by atoms with Gasteiger partial charge >= 0.3 is 0 Å². The van der Waals surface area contributed by atoms with Gasteiger partial charge in [0.1, 0.15) is 0 Å². The number of unbranched alkanes of at least 4 members (excludes halogenated alkanes) is 6. The molecule has 0 unspecified atom stereocenters. The molecule has 16 heavy (non-hydrogen) atoms. The van der Waals surface area contributed by atoms with Crippen LogP contribution >= 0.6 is 11.6 Å². The highest BCUT2D eigenvalue weighted by molar-refractivity contribution is 6.29. The Labute approximate surface area is 106 Å². The summed E-state index contributed by atoms with van der Waals surface area (Å²) in [7, 11) is 0. The van der Waals surface area contributed by atoms with Crippen molar-refractivity contribution in [2.45, 2.75) is 51.4 Å². The van der Waals surface area contributed by atoms with Crippen molar-refractivity contribution in [3.63, 3.8) is 0 Å². The van der Waals surface area contributed by atoms with Gasteiger partial charge in [0.05, 0.1) is 6.61 Å². The van der Waals surface area contributed by atoms with Crippen molar-refractivity contribution in [2.75, 3.05) is 13.2 Å². The molecule has 0 saturated heterocycles. The molecular weight excluding hydrogens is 220 g/mol. The quantitative estimate of drug-likeness (QED) is 0.344. The zero-order valence-electron chi connectivity index (χ0n) is 10.3. The Hall–Kier alpha value is -0.270. The summed E-state index contributed by atoms with van der Waals surface area (Å²) in [6.45, 7) is 8.85. The van der Waals surface area contributed by atoms with Crippen LogP contribution < -0.4 is 0 Å². The Bertz CT molecular complexity index is 178. The fourth-order valence-electron chi connectivity index (χ4n) is 1.57. The van der Waals surface area contributed by atoms with Gasteiger partial charge in [-0.1, -0.05) is 56.4 Å². The van der Waals surface area contributed by atoms with Crippen LogP contribution in [0.1, 0.15) is 51.4 Å². The SMILES string of the molecule is C=CCOCCCCCCCCCC(=C)Cl. The minimum Gasteiger partial charge on any atom is -0.377 e. The first kappa shape index (κ1) is 15.7. The van der Waals surface area contributed by atoms with E-state index in [4.69, 9.17) is 16.3 Å². The molecule has 0 aromatic heterocycles. The van der Waals surface area contributed by atoms with E-state index in [-0.39, 0.29) is 0 Å². The molecule has 0 aliphatic carbocycles. The van der Waals surface area contributed by atoms with Gasteiger partial charge in [0.2, 0.25) is 0 Å². The molecule has 0 heterocycles. The fourth-order valence-corrected chi connectivity index (χ4v) is 1.71. The van der Waals surface area contributed by atoms with E-state index in [2.05, 4.69) is 13.2 Å². The summed E-state index contributed by atoms with van der Waals surface area (Å²) in [5.74, 6) is 0. The van der Waals surface area contributed by atoms with E-state index in [0.717, 1.165) is 18.1 Å². The summed E-state index contributed by atoms with van der Waals surface area (Å²) >= 11 is 5.69. The predicted octanol–water partition coefficient (Wildman–Crippen LogP) is 5.06. The maximum absolute atomic E-state index is 5.69. The third-order valence-corrected chi connectivity index (χ3v) is 2.66. The number of ether oxygens (including phenoxy) is 1. The van der Waals surface area contributed by atoms with Gasteiger partial charge in [-0.15, -0.1) is 6.58 Å². The number of hydrogen-bond acceptors (Lipinski definition) is 1. The number of halogens is 1. The second kappa shape index (κ2) is 12.8. The zero-order chi connectivity index (χ0) is 12.1. The van der Waals surface area contributed by atoms with Crippen molar-refractivity contribution in [2.24, 2.45) is 0 Å². The van der Waals surface area contributed by atoms with Gasteiger partial charge in [-0.25, -0.2) is 0 Å². The Kier molecular flexibility index (Phi) is 12.6. The van der Waals surface area contributed by atoms with Crippen molar-refractivity contribution in [3.8, 4) is 0 Å². The van der Waals surface area contributed by atoms with Gasteiger partial charge in [-0.3, -0.25) is 0 Å². The van der Waals surface area contributed by atoms with Crippen LogP contribution in [0.3, 0.4) is 0 Å². The summed E-state index contributed by atoms with van der Waals surface area (Å²) in [5.41, 5.74) is 0. The molecule has 0 fully saturated rings. The maximum Gasteiger partial charge on any atom is 0.0644 e. The highest BCUT2D eigenvalue weighted by Crippen LogP contribution is 2.13. The lowest BCUT2D eigenvalue weighted by atomic mass is 10.1. The summed E-state index contributed by atoms with van der Waals surface area (Å²) in [6.07, 6.45) is 11.6. The number of hydrogen-bond donors (Lipinski definition) is 0. The summed E-state index contributed by atoms with van der Waals surface area (Å²) < 4.78 is 5.31. The van der Waals surface area contributed by atoms with Gasteiger partial charge in [0, 0.05) is 11.6 Å². The average molecular weight is 245 g/mol. The molecule has 0 aromatic rings. The molecule has 0 spiro atoms. The first-order valence-corrected chi connectivity index (χ1v) is 6.67. The molecule has 2 heteroatoms. The lowest BCUT2D eigenvalue weighted by Crippen LogP contribution is -1.93. The molecule has 0 saturated carbocycles. The smallest absolute Gasteiger partial charge is 0.0644 e. The van der Waals surface area contributed by atoms with E-state index in [0.29, 0.717) is 6.61 Å². The molecule has 0 aliphatic rings. The van der Waals surface area contributed by atoms with Crippen molar-refractivity contribution >= 4 is 11.6 Å². The second-order valence-electron chi connectivity index (χ2n) is 4.11. The van der Waals surface area contributed by atoms with E-state index >= 15 is 0 Å². The van der Waals surface area contributed by atoms with E-state index in [9.17, 15) is 0 Å². The van der Waals surface area contributed by atoms with E-state index < -0.39 is 0 Å². The van der Waals surface area contributed by atoms with E-state index in [1.807, 2.05) is 0 Å². The lowest BCUT2D eigenvalue weighted by Gasteiger charge is -2.02. The van der Waals surface area contributed by atoms with Crippen LogP contribution in [-0.4, -0.2) is 13.2 Å². The zero-order valence-corrected chi connectivity index (χ0v) is 11.1. The largest absolute Gasteiger partial charge is 0.377 e. The predicted molar refractivity (Wildman–Crippen MR) is 72.9 cm³/mol. The van der Waals surface area contributed by atoms with Crippen LogP contribution in [0.4, 0.5) is 0 Å². The van der Waals surface area contributed by atoms with Gasteiger partial charge in [-0.05, 0) is 19.3 Å². The van der Waals surface area contributed by atoms with Gasteiger partial charge < -0.3 is 4.74 Å². The lowest BCUT2D eigenvalue weighted by molar-refractivity contribution is 0.157. The molecular formula is C14H25ClO. The van der Waals surface area contributed by atoms with Crippen molar-refractivity contribution in [1.29, 1.82) is 0 Å². The molecule has 0 atom stereocenters. The molecule has 0 N–H and O–H groups in total. The number of allylic oxidation sites excluding steroid dienone is 1. The van der Waals surface area contributed by atoms with Gasteiger partial charge in [-0.2, -0.15) is 0 Å². The minimum atomic E-state index is 0.683. The third kappa shape index (κ3) is 13.7. The highest BCUT2D eigenvalue weighted by atomic mass is 35.5. The monoisotopic (exact) mass is 244 g/mol. The van der Waals surface area contributed by atoms with Crippen molar-refractivity contribution in [3.05, 3.63) is 24.3 Å². The average Bonchev–Trinajstić information content (AvgIpc) is 2.25. The molecule has 0 aliphatic heterocycles. The topological polar surface area (TPSA) is 9.23 Å². The van der Waals surface area contributed by atoms with Gasteiger partial charge in [0.15, 0.2) is 0 Å². The van der Waals surface area contributed by atoms with Crippen molar-refractivity contribution < 1.29 is 4.74 Å². The first-order valence-electron chi connectivity index (χ1n) is 6.29. The highest BCUT2D eigenvalue weighted by Gasteiger charge is 1.93. The Morgan fingerprint density at radius 2 is 1.56 bits per heavy atom. The van der Waals surface area contributed by atoms with Crippen molar-refractivity contribution in [1.82, 2.24) is 0 Å². The molecule has 94 valence electrons. The Balaban J connectivity index is 2.93. The standard InChI is InChI=1S/C14H25ClO/c1-3-12-16-13-10-8-6-4-5-7-9-11-14(2)15/h3H,1-2,4-13H2. The van der Waals surface area contributed by atoms with Crippen LogP contribution in [-0.2, 0) is 4.74 Å². The van der Waals surface area contributed by atoms with Gasteiger partial charge in [0.25, 0.3) is 0 Å². The van der Waals surface area contributed by atoms with E-state index in [1.54, 1.807) is 6.08 Å². The number of rotatable bonds is 12. The van der Waals surface area contributed by atoms with Crippen LogP contribution in [0.15, 0.2) is 24.3 Å². The molecule has 0 aromatic carbocycles. The molecule has 0 amide bonds. The molecule has 0 bridgehead atoms. The summed E-state index contributed by atoms with van der Waals surface area (Å²) in [5, 5.41) is 0.791. The Morgan fingerprint density at radius 1 is 1.00 bits per heavy atom. The summed E-state index contributed by atoms with van der Waals surface area (Å²) in [6, 6.07) is 0. The van der Waals surface area contributed by atoms with Crippen LogP contribution in [0.5, 0.6) is 0 Å². The molecule has 0 rings (SSSR count). The van der Waals surface area contributed by atoms with Crippen LogP contribution in [0.2, 0.25) is 0 Å². The van der Waals surface area contributed by atoms with Crippen LogP contribution in [0, 0.1) is 0 Å². The third-order valence-electron chi connectivity index (χ3n) is 2.47. The molecule has 0 radical (unpaired) electrons. The summed E-state index contributed by atoms with van der Waals surface area (Å²) in [4.78, 5) is 0. The molecule has 1 nitrogen and oxygen atoms in total. The second-order valence-corrected chi connectivity index (χ2v) is 4.64. The fraction of sp³-hybridized carbons (Fsp3) is 0.714. The Morgan fingerprint density at radius 3 is 2.12 bits per heavy atom. The van der Waals surface area contributed by atoms with E-state index in [1.165, 1.54) is 44.9 Å². The first-order chi connectivity index (χ1) is 7.77. The van der Waals surface area contributed by atoms with Crippen LogP contribution in [0.25, 0.3) is 0 Å².